The van der Waals surface area contributed by atoms with Crippen molar-refractivity contribution in [3.05, 3.63) is 84.2 Å². The molecule has 37 heavy (non-hydrogen) atoms. The lowest BCUT2D eigenvalue weighted by atomic mass is 10.2. The molecule has 4 heterocycles. The number of anilines is 1. The molecule has 190 valence electrons. The maximum Gasteiger partial charge on any atom is 0.169 e. The van der Waals surface area contributed by atoms with Gasteiger partial charge in [0.05, 0.1) is 40.3 Å². The van der Waals surface area contributed by atoms with E-state index in [0.29, 0.717) is 39.9 Å². The number of nitrogens with one attached hydrogen (secondary N) is 1. The third kappa shape index (κ3) is 6.02. The van der Waals surface area contributed by atoms with Gasteiger partial charge in [0.15, 0.2) is 11.7 Å². The van der Waals surface area contributed by atoms with E-state index in [1.807, 2.05) is 37.3 Å². The summed E-state index contributed by atoms with van der Waals surface area (Å²) in [4.78, 5) is 13.9. The average Bonchev–Trinajstić information content (AvgIpc) is 3.31. The number of rotatable bonds is 9. The van der Waals surface area contributed by atoms with Crippen LogP contribution in [0.25, 0.3) is 11.0 Å². The first-order valence-electron chi connectivity index (χ1n) is 11.1. The summed E-state index contributed by atoms with van der Waals surface area (Å²) in [7, 11) is 1.80. The third-order valence-electron chi connectivity index (χ3n) is 5.23. The van der Waals surface area contributed by atoms with Crippen LogP contribution in [0.4, 0.5) is 5.69 Å². The van der Waals surface area contributed by atoms with Crippen LogP contribution in [-0.2, 0) is 13.7 Å². The minimum absolute atomic E-state index is 0.251. The zero-order valence-corrected chi connectivity index (χ0v) is 21.3. The zero-order valence-electron chi connectivity index (χ0n) is 20.5. The van der Waals surface area contributed by atoms with Gasteiger partial charge in [-0.2, -0.15) is 15.3 Å². The van der Waals surface area contributed by atoms with E-state index in [1.165, 1.54) is 6.33 Å². The predicted molar refractivity (Wildman–Crippen MR) is 147 cm³/mol. The molecule has 0 saturated heterocycles. The first kappa shape index (κ1) is 25.6. The van der Waals surface area contributed by atoms with Crippen molar-refractivity contribution in [1.82, 2.24) is 29.7 Å². The molecule has 0 saturated carbocycles. The molecule has 1 aliphatic heterocycles. The summed E-state index contributed by atoms with van der Waals surface area (Å²) in [5, 5.41) is 23.3. The van der Waals surface area contributed by atoms with Gasteiger partial charge in [-0.15, -0.1) is 0 Å². The van der Waals surface area contributed by atoms with Gasteiger partial charge in [-0.05, 0) is 43.2 Å². The largest absolute Gasteiger partial charge is 0.484 e. The number of pyridine rings is 2. The van der Waals surface area contributed by atoms with Crippen molar-refractivity contribution in [2.75, 3.05) is 11.9 Å². The molecule has 0 aliphatic carbocycles. The van der Waals surface area contributed by atoms with E-state index in [4.69, 9.17) is 15.7 Å². The Hall–Kier alpha value is -4.49. The Kier molecular flexibility index (Phi) is 7.95. The second kappa shape index (κ2) is 11.5. The number of ether oxygens (including phenoxy) is 1. The quantitative estimate of drug-likeness (QED) is 0.0962. The van der Waals surface area contributed by atoms with Gasteiger partial charge in [0.2, 0.25) is 0 Å². The lowest BCUT2D eigenvalue weighted by Gasteiger charge is -2.25. The van der Waals surface area contributed by atoms with Gasteiger partial charge in [0.25, 0.3) is 0 Å². The Morgan fingerprint density at radius 1 is 1.30 bits per heavy atom. The molecule has 3 aromatic heterocycles. The van der Waals surface area contributed by atoms with Crippen molar-refractivity contribution in [3.8, 4) is 5.75 Å². The number of fused-ring (bicyclic) bond motifs is 1. The molecular weight excluding hydrogens is 490 g/mol. The van der Waals surface area contributed by atoms with Crippen LogP contribution in [-0.4, -0.2) is 47.8 Å². The second-order valence-corrected chi connectivity index (χ2v) is 8.65. The van der Waals surface area contributed by atoms with Gasteiger partial charge in [-0.3, -0.25) is 14.8 Å². The maximum absolute atomic E-state index is 5.84. The van der Waals surface area contributed by atoms with Gasteiger partial charge in [0, 0.05) is 19.3 Å². The lowest BCUT2D eigenvalue weighted by Crippen LogP contribution is -2.34. The van der Waals surface area contributed by atoms with E-state index in [0.717, 1.165) is 28.1 Å². The fourth-order valence-electron chi connectivity index (χ4n) is 3.38. The molecule has 0 aromatic carbocycles. The Labute approximate surface area is 218 Å². The number of hydrazone groups is 2. The molecule has 0 atom stereocenters. The van der Waals surface area contributed by atoms with E-state index >= 15 is 0 Å². The van der Waals surface area contributed by atoms with Crippen LogP contribution >= 0.6 is 11.9 Å². The topological polar surface area (TPSA) is 158 Å². The summed E-state index contributed by atoms with van der Waals surface area (Å²) in [5.74, 6) is 7.45. The highest BCUT2D eigenvalue weighted by Crippen LogP contribution is 2.24. The summed E-state index contributed by atoms with van der Waals surface area (Å²) in [5.41, 5.74) is 4.18. The first-order valence-corrected chi connectivity index (χ1v) is 12.0. The Morgan fingerprint density at radius 2 is 2.14 bits per heavy atom. The first-order chi connectivity index (χ1) is 17.9. The van der Waals surface area contributed by atoms with Crippen LogP contribution in [0.3, 0.4) is 0 Å². The molecule has 0 bridgehead atoms. The Bertz CT molecular complexity index is 1450. The molecule has 0 spiro atoms. The van der Waals surface area contributed by atoms with E-state index in [-0.39, 0.29) is 13.2 Å². The highest BCUT2D eigenvalue weighted by atomic mass is 32.2. The molecular formula is C24H27N11OS. The number of nitrogens with zero attached hydrogens (tertiary/aromatic N) is 8. The van der Waals surface area contributed by atoms with Crippen LogP contribution in [0, 0.1) is 0 Å². The molecule has 4 rings (SSSR count). The van der Waals surface area contributed by atoms with E-state index in [9.17, 15) is 0 Å². The number of amidine groups is 1. The molecule has 5 N–H and O–H groups in total. The van der Waals surface area contributed by atoms with E-state index in [2.05, 4.69) is 48.7 Å². The van der Waals surface area contributed by atoms with Gasteiger partial charge in [0.1, 0.15) is 24.2 Å². The number of aryl methyl sites for hydroxylation is 1. The molecule has 1 aliphatic rings. The summed E-state index contributed by atoms with van der Waals surface area (Å²) >= 11 is 1.09. The fraction of sp³-hybridized carbons (Fsp3) is 0.167. The number of nitrogens with two attached hydrogens (primary N) is 2. The van der Waals surface area contributed by atoms with Gasteiger partial charge in [-0.1, -0.05) is 18.7 Å². The predicted octanol–water partition coefficient (Wildman–Crippen LogP) is 2.83. The van der Waals surface area contributed by atoms with Crippen LogP contribution < -0.4 is 21.0 Å². The summed E-state index contributed by atoms with van der Waals surface area (Å²) in [6.45, 7) is 10.4. The van der Waals surface area contributed by atoms with Crippen LogP contribution in [0.2, 0.25) is 0 Å². The number of hydrogen-bond donors (Lipinski definition) is 3. The summed E-state index contributed by atoms with van der Waals surface area (Å²) < 4.78 is 7.46. The monoisotopic (exact) mass is 517 g/mol. The molecule has 3 aromatic rings. The minimum atomic E-state index is 0.251. The maximum atomic E-state index is 5.84. The van der Waals surface area contributed by atoms with Crippen molar-refractivity contribution in [2.45, 2.75) is 13.5 Å². The average molecular weight is 518 g/mol. The highest BCUT2D eigenvalue weighted by Gasteiger charge is 2.19. The Balaban J connectivity index is 1.50. The standard InChI is InChI=1S/C24H27N11OS/c1-15(2)9-21(37-26)18-6-5-16(3)35(33-18)22(32-25)12-28-19-7-8-27-20-10-17(11-29-24(19)20)36-13-23-30-14-31-34(23)4/h5-11,14H,1,3,12-13,25-26H2,2,4H3,(H,27,28)/b21-9-,32-22-. The molecule has 13 heteroatoms. The molecule has 0 fully saturated rings. The SMILES string of the molecule is C=C(C)/C=C(\SN)C1=NN(/C(CNc2ccnc3cc(OCc4ncnn4C)cnc23)=N\N)C(=C)C=C1. The van der Waals surface area contributed by atoms with Crippen molar-refractivity contribution in [3.63, 3.8) is 0 Å². The van der Waals surface area contributed by atoms with E-state index < -0.39 is 0 Å². The summed E-state index contributed by atoms with van der Waals surface area (Å²) in [6.07, 6.45) is 10.3. The molecule has 0 amide bonds. The van der Waals surface area contributed by atoms with Crippen LogP contribution in [0.15, 0.2) is 88.6 Å². The smallest absolute Gasteiger partial charge is 0.169 e. The highest BCUT2D eigenvalue weighted by molar-refractivity contribution is 8.01. The van der Waals surface area contributed by atoms with E-state index in [1.54, 1.807) is 29.1 Å². The van der Waals surface area contributed by atoms with Gasteiger partial charge >= 0.3 is 0 Å². The van der Waals surface area contributed by atoms with Gasteiger partial charge in [-0.25, -0.2) is 15.0 Å². The number of aromatic nitrogens is 5. The number of hydrogen-bond acceptors (Lipinski definition) is 11. The Morgan fingerprint density at radius 3 is 2.84 bits per heavy atom. The van der Waals surface area contributed by atoms with Crippen molar-refractivity contribution < 1.29 is 4.74 Å². The molecule has 12 nitrogen and oxygen atoms in total. The van der Waals surface area contributed by atoms with Crippen LogP contribution in [0.5, 0.6) is 5.75 Å². The fourth-order valence-corrected chi connectivity index (χ4v) is 3.88. The van der Waals surface area contributed by atoms with Crippen molar-refractivity contribution in [1.29, 1.82) is 0 Å². The van der Waals surface area contributed by atoms with Gasteiger partial charge < -0.3 is 15.9 Å². The molecule has 0 unspecified atom stereocenters. The zero-order chi connectivity index (χ0) is 26.4. The molecule has 0 radical (unpaired) electrons. The second-order valence-electron chi connectivity index (χ2n) is 7.98. The minimum Gasteiger partial charge on any atom is -0.484 e. The van der Waals surface area contributed by atoms with Crippen molar-refractivity contribution in [2.24, 2.45) is 28.2 Å². The third-order valence-corrected chi connectivity index (χ3v) is 5.81. The summed E-state index contributed by atoms with van der Waals surface area (Å²) in [6, 6.07) is 3.64. The lowest BCUT2D eigenvalue weighted by molar-refractivity contribution is 0.289. The van der Waals surface area contributed by atoms with Crippen molar-refractivity contribution >= 4 is 40.2 Å². The van der Waals surface area contributed by atoms with Crippen LogP contribution in [0.1, 0.15) is 12.7 Å². The normalized spacial score (nSPS) is 14.2. The number of allylic oxidation sites excluding steroid dienone is 5.